The molecule has 3 aromatic carbocycles. The maximum atomic E-state index is 11.8. The highest BCUT2D eigenvalue weighted by molar-refractivity contribution is 8.76. The van der Waals surface area contributed by atoms with Crippen LogP contribution in [0.5, 0.6) is 28.7 Å². The van der Waals surface area contributed by atoms with E-state index < -0.39 is 6.10 Å². The van der Waals surface area contributed by atoms with Crippen molar-refractivity contribution in [1.82, 2.24) is 0 Å². The van der Waals surface area contributed by atoms with Crippen molar-refractivity contribution in [3.63, 3.8) is 0 Å². The van der Waals surface area contributed by atoms with Gasteiger partial charge in [-0.3, -0.25) is 4.79 Å². The zero-order valence-corrected chi connectivity index (χ0v) is 22.9. The molecule has 0 unspecified atom stereocenters. The van der Waals surface area contributed by atoms with Gasteiger partial charge in [0.15, 0.2) is 11.5 Å². The Morgan fingerprint density at radius 3 is 2.61 bits per heavy atom. The van der Waals surface area contributed by atoms with Gasteiger partial charge in [-0.25, -0.2) is 0 Å². The van der Waals surface area contributed by atoms with E-state index in [1.54, 1.807) is 40.8 Å². The molecule has 9 heteroatoms. The van der Waals surface area contributed by atoms with Crippen LogP contribution in [-0.2, 0) is 21.7 Å². The second-order valence-electron chi connectivity index (χ2n) is 9.75. The fourth-order valence-electron chi connectivity index (χ4n) is 5.91. The minimum Gasteiger partial charge on any atom is -0.508 e. The Bertz CT molecular complexity index is 1440. The molecule has 2 bridgehead atoms. The molecule has 3 atom stereocenters. The van der Waals surface area contributed by atoms with Gasteiger partial charge in [0, 0.05) is 52.7 Å². The van der Waals surface area contributed by atoms with E-state index in [-0.39, 0.29) is 35.9 Å². The molecule has 6 rings (SSSR count). The normalized spacial score (nSPS) is 20.9. The zero-order valence-electron chi connectivity index (χ0n) is 21.3. The molecule has 0 saturated heterocycles. The predicted molar refractivity (Wildman–Crippen MR) is 148 cm³/mol. The van der Waals surface area contributed by atoms with Crippen LogP contribution in [0.25, 0.3) is 11.1 Å². The van der Waals surface area contributed by atoms with E-state index in [4.69, 9.17) is 18.9 Å². The summed E-state index contributed by atoms with van der Waals surface area (Å²) in [5.74, 6) is 3.17. The van der Waals surface area contributed by atoms with Gasteiger partial charge in [0.2, 0.25) is 0 Å². The number of hydrogen-bond acceptors (Lipinski definition) is 9. The smallest absolute Gasteiger partial charge is 0.302 e. The summed E-state index contributed by atoms with van der Waals surface area (Å²) >= 11 is 0. The Balaban J connectivity index is 1.58. The van der Waals surface area contributed by atoms with Crippen molar-refractivity contribution >= 4 is 27.6 Å². The first-order chi connectivity index (χ1) is 18.4. The van der Waals surface area contributed by atoms with Crippen LogP contribution >= 0.6 is 21.6 Å². The average molecular weight is 553 g/mol. The van der Waals surface area contributed by atoms with Gasteiger partial charge >= 0.3 is 5.97 Å². The summed E-state index contributed by atoms with van der Waals surface area (Å²) in [6.07, 6.45) is 0.314. The quantitative estimate of drug-likeness (QED) is 0.294. The van der Waals surface area contributed by atoms with Crippen LogP contribution in [0, 0.1) is 0 Å². The van der Waals surface area contributed by atoms with Gasteiger partial charge in [-0.2, -0.15) is 0 Å². The molecule has 3 aliphatic rings. The molecule has 2 aliphatic heterocycles. The maximum absolute atomic E-state index is 11.8. The number of aromatic hydroxyl groups is 2. The molecule has 3 aromatic rings. The topological polar surface area (TPSA) is 94.5 Å². The monoisotopic (exact) mass is 552 g/mol. The van der Waals surface area contributed by atoms with E-state index >= 15 is 0 Å². The third-order valence-electron chi connectivity index (χ3n) is 7.55. The highest BCUT2D eigenvalue weighted by atomic mass is 33.1. The molecular weight excluding hydrogens is 524 g/mol. The number of fused-ring (bicyclic) bond motifs is 5. The summed E-state index contributed by atoms with van der Waals surface area (Å²) in [6, 6.07) is 11.2. The second kappa shape index (κ2) is 9.85. The van der Waals surface area contributed by atoms with E-state index in [0.717, 1.165) is 56.9 Å². The van der Waals surface area contributed by atoms with Gasteiger partial charge in [0.05, 0.1) is 20.1 Å². The van der Waals surface area contributed by atoms with E-state index in [0.29, 0.717) is 17.3 Å². The molecule has 198 valence electrons. The number of carbonyl (C=O) groups is 1. The number of esters is 1. The van der Waals surface area contributed by atoms with Crippen LogP contribution in [0.4, 0.5) is 0 Å². The Hall–Kier alpha value is -3.17. The van der Waals surface area contributed by atoms with Gasteiger partial charge in [0.1, 0.15) is 30.0 Å². The molecule has 0 fully saturated rings. The fraction of sp³-hybridized carbons (Fsp3) is 0.345. The minimum atomic E-state index is -0.423. The molecular formula is C29H28O7S2. The van der Waals surface area contributed by atoms with Crippen LogP contribution < -0.4 is 14.2 Å². The van der Waals surface area contributed by atoms with Gasteiger partial charge in [-0.15, -0.1) is 0 Å². The Labute approximate surface area is 228 Å². The number of hydrogen-bond donors (Lipinski definition) is 2. The van der Waals surface area contributed by atoms with Crippen molar-refractivity contribution in [3.05, 3.63) is 64.2 Å². The summed E-state index contributed by atoms with van der Waals surface area (Å²) < 4.78 is 23.6. The number of ether oxygens (including phenoxy) is 4. The number of phenols is 2. The third-order valence-corrected chi connectivity index (χ3v) is 9.94. The molecule has 0 amide bonds. The average Bonchev–Trinajstić information content (AvgIpc) is 3.25. The molecule has 2 heterocycles. The van der Waals surface area contributed by atoms with Gasteiger partial charge in [-0.05, 0) is 41.3 Å². The Kier molecular flexibility index (Phi) is 6.52. The van der Waals surface area contributed by atoms with Gasteiger partial charge in [-0.1, -0.05) is 33.7 Å². The van der Waals surface area contributed by atoms with Crippen LogP contribution in [-0.4, -0.2) is 42.8 Å². The van der Waals surface area contributed by atoms with Crippen LogP contribution in [0.2, 0.25) is 0 Å². The second-order valence-corrected chi connectivity index (χ2v) is 12.3. The number of rotatable bonds is 4. The Morgan fingerprint density at radius 2 is 1.84 bits per heavy atom. The van der Waals surface area contributed by atoms with Crippen molar-refractivity contribution in [2.45, 2.75) is 37.0 Å². The summed E-state index contributed by atoms with van der Waals surface area (Å²) in [6.45, 7) is 1.59. The van der Waals surface area contributed by atoms with Gasteiger partial charge < -0.3 is 29.2 Å². The standard InChI is InChI=1S/C29H28O7S2/c1-14(30)35-11-22-19-4-5-20-26-15(7-18(31)9-25(26)34-3)6-17-13-38-37-12-16-8-23(32)24(33-2)10-21(16)28(22)36-29(19)27(17)20/h4-5,7-10,17,22,28,31-32H,6,11-13H2,1-3H3/t17-,22-,28-/m1/s1. The lowest BCUT2D eigenvalue weighted by atomic mass is 9.77. The summed E-state index contributed by atoms with van der Waals surface area (Å²) in [5.41, 5.74) is 7.04. The van der Waals surface area contributed by atoms with Crippen LogP contribution in [0.1, 0.15) is 52.7 Å². The van der Waals surface area contributed by atoms with E-state index in [1.807, 2.05) is 12.1 Å². The zero-order chi connectivity index (χ0) is 26.6. The lowest BCUT2D eigenvalue weighted by Gasteiger charge is -2.30. The first kappa shape index (κ1) is 25.1. The first-order valence-corrected chi connectivity index (χ1v) is 14.9. The fourth-order valence-corrected chi connectivity index (χ4v) is 8.33. The number of benzene rings is 3. The minimum absolute atomic E-state index is 0.0832. The van der Waals surface area contributed by atoms with Crippen molar-refractivity contribution in [1.29, 1.82) is 0 Å². The van der Waals surface area contributed by atoms with Crippen LogP contribution in [0.3, 0.4) is 0 Å². The summed E-state index contributed by atoms with van der Waals surface area (Å²) in [7, 11) is 6.67. The van der Waals surface area contributed by atoms with Crippen molar-refractivity contribution < 1.29 is 34.0 Å². The molecule has 0 saturated carbocycles. The van der Waals surface area contributed by atoms with Crippen molar-refractivity contribution in [2.24, 2.45) is 0 Å². The van der Waals surface area contributed by atoms with E-state index in [2.05, 4.69) is 12.1 Å². The lowest BCUT2D eigenvalue weighted by molar-refractivity contribution is -0.141. The highest BCUT2D eigenvalue weighted by Gasteiger charge is 2.43. The largest absolute Gasteiger partial charge is 0.508 e. The molecule has 0 spiro atoms. The van der Waals surface area contributed by atoms with E-state index in [1.165, 1.54) is 14.0 Å². The summed E-state index contributed by atoms with van der Waals surface area (Å²) in [4.78, 5) is 11.8. The third kappa shape index (κ3) is 4.12. The van der Waals surface area contributed by atoms with E-state index in [9.17, 15) is 15.0 Å². The predicted octanol–water partition coefficient (Wildman–Crippen LogP) is 6.10. The first-order valence-electron chi connectivity index (χ1n) is 12.4. The number of methoxy groups -OCH3 is 2. The molecule has 2 N–H and O–H groups in total. The molecule has 7 nitrogen and oxygen atoms in total. The molecule has 0 aromatic heterocycles. The lowest BCUT2D eigenvalue weighted by Crippen LogP contribution is -2.18. The molecule has 0 radical (unpaired) electrons. The SMILES string of the molecule is COc1cc2c(cc1O)CSSC[C@H]1Cc3cc(O)cc(OC)c3-c3ccc4c(c31)O[C@H]2[C@@H]4COC(C)=O. The maximum Gasteiger partial charge on any atom is 0.302 e. The molecule has 38 heavy (non-hydrogen) atoms. The van der Waals surface area contributed by atoms with Crippen molar-refractivity contribution in [2.75, 3.05) is 26.6 Å². The molecule has 1 aliphatic carbocycles. The van der Waals surface area contributed by atoms with Gasteiger partial charge in [0.25, 0.3) is 0 Å². The number of carbonyl (C=O) groups excluding carboxylic acids is 1. The number of phenolic OH excluding ortho intramolecular Hbond substituents is 2. The Morgan fingerprint density at radius 1 is 1.03 bits per heavy atom. The van der Waals surface area contributed by atoms with Crippen molar-refractivity contribution in [3.8, 4) is 39.9 Å². The summed E-state index contributed by atoms with van der Waals surface area (Å²) in [5, 5.41) is 20.9. The highest BCUT2D eigenvalue weighted by Crippen LogP contribution is 2.58. The van der Waals surface area contributed by atoms with Crippen LogP contribution in [0.15, 0.2) is 36.4 Å².